The van der Waals surface area contributed by atoms with Crippen LogP contribution in [0.25, 0.3) is 11.1 Å². The zero-order valence-corrected chi connectivity index (χ0v) is 9.53. The molecule has 1 aromatic heterocycles. The van der Waals surface area contributed by atoms with Crippen LogP contribution in [0.5, 0.6) is 5.75 Å². The molecular weight excluding hydrogens is 243 g/mol. The van der Waals surface area contributed by atoms with Gasteiger partial charge in [0.15, 0.2) is 0 Å². The maximum absolute atomic E-state index is 12.3. The molecule has 2 nitrogen and oxygen atoms in total. The Bertz CT molecular complexity index is 517. The first-order valence-corrected chi connectivity index (χ1v) is 5.18. The average Bonchev–Trinajstić information content (AvgIpc) is 2.38. The molecule has 0 aliphatic rings. The molecule has 0 bridgehead atoms. The molecule has 0 radical (unpaired) electrons. The van der Waals surface area contributed by atoms with Crippen LogP contribution in [-0.4, -0.2) is 12.1 Å². The molecule has 0 fully saturated rings. The number of methoxy groups -OCH3 is 1. The van der Waals surface area contributed by atoms with E-state index in [4.69, 9.17) is 4.74 Å². The summed E-state index contributed by atoms with van der Waals surface area (Å²) in [5, 5.41) is 0. The van der Waals surface area contributed by atoms with E-state index in [0.29, 0.717) is 11.3 Å². The largest absolute Gasteiger partial charge is 0.497 e. The van der Waals surface area contributed by atoms with E-state index in [1.165, 1.54) is 12.3 Å². The van der Waals surface area contributed by atoms with E-state index in [9.17, 15) is 13.2 Å². The summed E-state index contributed by atoms with van der Waals surface area (Å²) < 4.78 is 42.0. The van der Waals surface area contributed by atoms with Crippen molar-refractivity contribution in [3.8, 4) is 16.9 Å². The van der Waals surface area contributed by atoms with E-state index in [1.807, 2.05) is 0 Å². The first kappa shape index (κ1) is 12.4. The minimum atomic E-state index is -4.40. The fourth-order valence-electron chi connectivity index (χ4n) is 1.52. The first-order chi connectivity index (χ1) is 8.50. The molecule has 18 heavy (non-hydrogen) atoms. The Morgan fingerprint density at radius 3 is 2.00 bits per heavy atom. The lowest BCUT2D eigenvalue weighted by molar-refractivity contribution is -0.141. The van der Waals surface area contributed by atoms with Gasteiger partial charge < -0.3 is 4.74 Å². The summed E-state index contributed by atoms with van der Waals surface area (Å²) >= 11 is 0. The molecule has 0 atom stereocenters. The number of hydrogen-bond donors (Lipinski definition) is 0. The number of benzene rings is 1. The Hall–Kier alpha value is -2.04. The maximum atomic E-state index is 12.3. The minimum absolute atomic E-state index is 0.630. The fourth-order valence-corrected chi connectivity index (χ4v) is 1.52. The highest BCUT2D eigenvalue weighted by molar-refractivity contribution is 5.63. The van der Waals surface area contributed by atoms with Crippen LogP contribution >= 0.6 is 0 Å². The van der Waals surface area contributed by atoms with Crippen LogP contribution in [0, 0.1) is 0 Å². The van der Waals surface area contributed by atoms with E-state index >= 15 is 0 Å². The lowest BCUT2D eigenvalue weighted by Gasteiger charge is -2.07. The summed E-state index contributed by atoms with van der Waals surface area (Å²) in [5.74, 6) is 0.693. The molecule has 0 aliphatic carbocycles. The highest BCUT2D eigenvalue weighted by Gasteiger charge is 2.31. The Morgan fingerprint density at radius 2 is 1.56 bits per heavy atom. The van der Waals surface area contributed by atoms with Gasteiger partial charge >= 0.3 is 6.18 Å². The van der Waals surface area contributed by atoms with Crippen molar-refractivity contribution in [2.24, 2.45) is 0 Å². The summed E-state index contributed by atoms with van der Waals surface area (Å²) in [7, 11) is 1.55. The van der Waals surface area contributed by atoms with E-state index in [2.05, 4.69) is 4.98 Å². The number of alkyl halides is 3. The summed E-state index contributed by atoms with van der Waals surface area (Å²) in [4.78, 5) is 3.41. The van der Waals surface area contributed by atoms with Crippen LogP contribution in [0.4, 0.5) is 13.2 Å². The minimum Gasteiger partial charge on any atom is -0.497 e. The van der Waals surface area contributed by atoms with Gasteiger partial charge in [-0.2, -0.15) is 13.2 Å². The third kappa shape index (κ3) is 2.61. The van der Waals surface area contributed by atoms with Gasteiger partial charge in [-0.05, 0) is 23.8 Å². The summed E-state index contributed by atoms with van der Waals surface area (Å²) in [6.45, 7) is 0. The molecule has 5 heteroatoms. The number of ether oxygens (including phenoxy) is 1. The van der Waals surface area contributed by atoms with Gasteiger partial charge in [0.2, 0.25) is 0 Å². The van der Waals surface area contributed by atoms with Crippen molar-refractivity contribution in [3.63, 3.8) is 0 Å². The van der Waals surface area contributed by atoms with Gasteiger partial charge in [0.05, 0.1) is 7.11 Å². The van der Waals surface area contributed by atoms with Gasteiger partial charge in [0, 0.05) is 11.8 Å². The Morgan fingerprint density at radius 1 is 0.944 bits per heavy atom. The van der Waals surface area contributed by atoms with Crippen molar-refractivity contribution in [1.29, 1.82) is 0 Å². The molecule has 0 unspecified atom stereocenters. The summed E-state index contributed by atoms with van der Waals surface area (Å²) in [6, 6.07) is 9.39. The molecule has 0 saturated carbocycles. The van der Waals surface area contributed by atoms with Crippen LogP contribution in [0.1, 0.15) is 5.69 Å². The fraction of sp³-hybridized carbons (Fsp3) is 0.154. The van der Waals surface area contributed by atoms with Gasteiger partial charge in [-0.1, -0.05) is 18.2 Å². The van der Waals surface area contributed by atoms with Crippen LogP contribution in [0.3, 0.4) is 0 Å². The third-order valence-corrected chi connectivity index (χ3v) is 2.48. The maximum Gasteiger partial charge on any atom is 0.433 e. The van der Waals surface area contributed by atoms with Crippen molar-refractivity contribution in [2.45, 2.75) is 6.18 Å². The molecule has 0 aliphatic heterocycles. The molecule has 0 N–H and O–H groups in total. The monoisotopic (exact) mass is 253 g/mol. The first-order valence-electron chi connectivity index (χ1n) is 5.18. The standard InChI is InChI=1S/C13H10F3NO/c1-18-11-5-2-9(3-6-11)10-4-7-12(17-8-10)13(14,15)16/h2-8H,1H3. The van der Waals surface area contributed by atoms with Crippen LogP contribution in [-0.2, 0) is 6.18 Å². The number of aromatic nitrogens is 1. The molecule has 0 amide bonds. The van der Waals surface area contributed by atoms with Gasteiger partial charge in [0.25, 0.3) is 0 Å². The summed E-state index contributed by atoms with van der Waals surface area (Å²) in [6.07, 6.45) is -3.19. The average molecular weight is 253 g/mol. The molecule has 2 rings (SSSR count). The third-order valence-electron chi connectivity index (χ3n) is 2.48. The molecule has 94 valence electrons. The highest BCUT2D eigenvalue weighted by atomic mass is 19.4. The van der Waals surface area contributed by atoms with E-state index in [1.54, 1.807) is 31.4 Å². The lowest BCUT2D eigenvalue weighted by Crippen LogP contribution is -2.07. The smallest absolute Gasteiger partial charge is 0.433 e. The molecule has 0 spiro atoms. The van der Waals surface area contributed by atoms with Crippen LogP contribution < -0.4 is 4.74 Å². The summed E-state index contributed by atoms with van der Waals surface area (Å²) in [5.41, 5.74) is 0.530. The van der Waals surface area contributed by atoms with Crippen molar-refractivity contribution in [1.82, 2.24) is 4.98 Å². The van der Waals surface area contributed by atoms with Crippen LogP contribution in [0.15, 0.2) is 42.6 Å². The van der Waals surface area contributed by atoms with Crippen molar-refractivity contribution >= 4 is 0 Å². The molecular formula is C13H10F3NO. The highest BCUT2D eigenvalue weighted by Crippen LogP contribution is 2.29. The lowest BCUT2D eigenvalue weighted by atomic mass is 10.1. The normalized spacial score (nSPS) is 11.3. The van der Waals surface area contributed by atoms with Gasteiger partial charge in [-0.25, -0.2) is 0 Å². The number of nitrogens with zero attached hydrogens (tertiary/aromatic N) is 1. The predicted molar refractivity (Wildman–Crippen MR) is 61.2 cm³/mol. The zero-order chi connectivity index (χ0) is 13.2. The second-order valence-electron chi connectivity index (χ2n) is 3.66. The molecule has 2 aromatic rings. The van der Waals surface area contributed by atoms with Crippen molar-refractivity contribution < 1.29 is 17.9 Å². The van der Waals surface area contributed by atoms with E-state index in [-0.39, 0.29) is 0 Å². The predicted octanol–water partition coefficient (Wildman–Crippen LogP) is 3.78. The topological polar surface area (TPSA) is 22.1 Å². The Balaban J connectivity index is 2.28. The van der Waals surface area contributed by atoms with Gasteiger partial charge in [-0.3, -0.25) is 4.98 Å². The molecule has 1 heterocycles. The Kier molecular flexibility index (Phi) is 3.23. The SMILES string of the molecule is COc1ccc(-c2ccc(C(F)(F)F)nc2)cc1. The second kappa shape index (κ2) is 4.68. The Labute approximate surface area is 102 Å². The van der Waals surface area contributed by atoms with Gasteiger partial charge in [-0.15, -0.1) is 0 Å². The second-order valence-corrected chi connectivity index (χ2v) is 3.66. The number of pyridine rings is 1. The van der Waals surface area contributed by atoms with E-state index < -0.39 is 11.9 Å². The van der Waals surface area contributed by atoms with Gasteiger partial charge in [0.1, 0.15) is 11.4 Å². The molecule has 0 saturated heterocycles. The number of halogens is 3. The van der Waals surface area contributed by atoms with Crippen molar-refractivity contribution in [3.05, 3.63) is 48.3 Å². The quantitative estimate of drug-likeness (QED) is 0.812. The zero-order valence-electron chi connectivity index (χ0n) is 9.53. The number of hydrogen-bond acceptors (Lipinski definition) is 2. The van der Waals surface area contributed by atoms with Crippen molar-refractivity contribution in [2.75, 3.05) is 7.11 Å². The molecule has 1 aromatic carbocycles. The van der Waals surface area contributed by atoms with Crippen LogP contribution in [0.2, 0.25) is 0 Å². The number of rotatable bonds is 2. The van der Waals surface area contributed by atoms with E-state index in [0.717, 1.165) is 11.6 Å².